The molecule has 144 valence electrons. The van der Waals surface area contributed by atoms with Gasteiger partial charge < -0.3 is 8.97 Å². The van der Waals surface area contributed by atoms with Crippen molar-refractivity contribution in [2.24, 2.45) is 0 Å². The quantitative estimate of drug-likeness (QED) is 0.336. The van der Waals surface area contributed by atoms with Crippen LogP contribution in [0.2, 0.25) is 5.02 Å². The molecule has 0 radical (unpaired) electrons. The second-order valence-corrected chi connectivity index (χ2v) is 6.68. The van der Waals surface area contributed by atoms with Crippen LogP contribution < -0.4 is 0 Å². The van der Waals surface area contributed by atoms with Crippen LogP contribution in [-0.2, 0) is 6.54 Å². The van der Waals surface area contributed by atoms with Crippen LogP contribution in [0, 0.1) is 18.6 Å². The molecule has 0 amide bonds. The molecule has 0 unspecified atom stereocenters. The van der Waals surface area contributed by atoms with Gasteiger partial charge in [0.2, 0.25) is 0 Å². The molecule has 0 aliphatic carbocycles. The van der Waals surface area contributed by atoms with E-state index in [1.54, 1.807) is 28.9 Å². The first-order chi connectivity index (χ1) is 13.3. The molecular formula is C19H13ClF4N4. The fourth-order valence-corrected chi connectivity index (χ4v) is 3.28. The largest absolute Gasteiger partial charge is 0.324 e. The van der Waals surface area contributed by atoms with E-state index in [2.05, 4.69) is 9.97 Å². The van der Waals surface area contributed by atoms with E-state index in [1.165, 1.54) is 10.9 Å². The van der Waals surface area contributed by atoms with Crippen LogP contribution in [0.5, 0.6) is 0 Å². The van der Waals surface area contributed by atoms with Crippen molar-refractivity contribution >= 4 is 17.2 Å². The Bertz CT molecular complexity index is 1180. The Labute approximate surface area is 162 Å². The molecule has 0 aliphatic heterocycles. The minimum absolute atomic E-state index is 0.0723. The predicted molar refractivity (Wildman–Crippen MR) is 97.5 cm³/mol. The van der Waals surface area contributed by atoms with Crippen molar-refractivity contribution in [2.45, 2.75) is 19.9 Å². The van der Waals surface area contributed by atoms with Gasteiger partial charge in [0.1, 0.15) is 17.3 Å². The molecule has 28 heavy (non-hydrogen) atoms. The third kappa shape index (κ3) is 3.13. The highest BCUT2D eigenvalue weighted by atomic mass is 35.5. The van der Waals surface area contributed by atoms with Crippen LogP contribution in [0.3, 0.4) is 0 Å². The highest BCUT2D eigenvalue weighted by Crippen LogP contribution is 2.35. The molecule has 3 heterocycles. The van der Waals surface area contributed by atoms with Crippen molar-refractivity contribution in [3.63, 3.8) is 0 Å². The number of pyridine rings is 1. The van der Waals surface area contributed by atoms with Crippen molar-refractivity contribution in [1.29, 1.82) is 0 Å². The lowest BCUT2D eigenvalue weighted by molar-refractivity contribution is 0.127. The molecule has 0 saturated carbocycles. The normalized spacial score (nSPS) is 11.7. The summed E-state index contributed by atoms with van der Waals surface area (Å²) in [4.78, 5) is 8.35. The SMILES string of the molecule is Cc1cnc2ccc(-c3c(-c4cc(Cl)c(F)cc4F)ncn3CC(F)F)cn12. The van der Waals surface area contributed by atoms with Crippen molar-refractivity contribution in [1.82, 2.24) is 18.9 Å². The lowest BCUT2D eigenvalue weighted by Gasteiger charge is -2.12. The molecule has 1 aromatic carbocycles. The van der Waals surface area contributed by atoms with Gasteiger partial charge >= 0.3 is 0 Å². The first-order valence-corrected chi connectivity index (χ1v) is 8.65. The standard InChI is InChI=1S/C19H13ClF4N4/c1-10-6-25-17-3-2-11(7-28(10)17)19-18(26-9-27(19)8-16(23)24)12-4-13(20)15(22)5-14(12)21/h2-7,9,16H,8H2,1H3. The Kier molecular flexibility index (Phi) is 4.58. The van der Waals surface area contributed by atoms with Gasteiger partial charge in [-0.2, -0.15) is 0 Å². The number of hydrogen-bond acceptors (Lipinski definition) is 2. The summed E-state index contributed by atoms with van der Waals surface area (Å²) in [6.07, 6.45) is 1.96. The Balaban J connectivity index is 1.97. The van der Waals surface area contributed by atoms with Crippen LogP contribution in [0.1, 0.15) is 5.69 Å². The molecule has 0 saturated heterocycles. The number of rotatable bonds is 4. The predicted octanol–water partition coefficient (Wildman–Crippen LogP) is 5.37. The number of nitrogens with zero attached hydrogens (tertiary/aromatic N) is 4. The van der Waals surface area contributed by atoms with Gasteiger partial charge in [0.05, 0.1) is 29.3 Å². The van der Waals surface area contributed by atoms with Crippen LogP contribution >= 0.6 is 11.6 Å². The smallest absolute Gasteiger partial charge is 0.256 e. The maximum absolute atomic E-state index is 14.4. The molecular weight excluding hydrogens is 396 g/mol. The van der Waals surface area contributed by atoms with Gasteiger partial charge in [0, 0.05) is 35.3 Å². The molecule has 4 rings (SSSR count). The van der Waals surface area contributed by atoms with Crippen molar-refractivity contribution < 1.29 is 17.6 Å². The minimum Gasteiger partial charge on any atom is -0.324 e. The zero-order valence-corrected chi connectivity index (χ0v) is 15.3. The number of hydrogen-bond donors (Lipinski definition) is 0. The highest BCUT2D eigenvalue weighted by Gasteiger charge is 2.21. The maximum atomic E-state index is 14.4. The van der Waals surface area contributed by atoms with E-state index in [1.807, 2.05) is 6.92 Å². The number of fused-ring (bicyclic) bond motifs is 1. The summed E-state index contributed by atoms with van der Waals surface area (Å²) in [5.74, 6) is -1.79. The van der Waals surface area contributed by atoms with Gasteiger partial charge in [-0.1, -0.05) is 11.6 Å². The monoisotopic (exact) mass is 408 g/mol. The third-order valence-corrected chi connectivity index (χ3v) is 4.69. The molecule has 0 N–H and O–H groups in total. The fraction of sp³-hybridized carbons (Fsp3) is 0.158. The topological polar surface area (TPSA) is 35.1 Å². The molecule has 0 fully saturated rings. The van der Waals surface area contributed by atoms with Crippen molar-refractivity contribution in [3.8, 4) is 22.5 Å². The van der Waals surface area contributed by atoms with Crippen LogP contribution in [0.25, 0.3) is 28.2 Å². The zero-order valence-electron chi connectivity index (χ0n) is 14.5. The molecule has 0 bridgehead atoms. The lowest BCUT2D eigenvalue weighted by Crippen LogP contribution is -2.07. The number of halogens is 5. The number of aromatic nitrogens is 4. The number of aryl methyl sites for hydroxylation is 1. The molecule has 0 atom stereocenters. The molecule has 9 heteroatoms. The average molecular weight is 409 g/mol. The number of imidazole rings is 2. The summed E-state index contributed by atoms with van der Waals surface area (Å²) in [7, 11) is 0. The van der Waals surface area contributed by atoms with E-state index in [0.717, 1.165) is 11.8 Å². The average Bonchev–Trinajstić information content (AvgIpc) is 3.21. The highest BCUT2D eigenvalue weighted by molar-refractivity contribution is 6.31. The summed E-state index contributed by atoms with van der Waals surface area (Å²) in [5, 5.41) is -0.285. The van der Waals surface area contributed by atoms with Gasteiger partial charge in [-0.3, -0.25) is 0 Å². The molecule has 0 aliphatic rings. The van der Waals surface area contributed by atoms with E-state index >= 15 is 0 Å². The zero-order chi connectivity index (χ0) is 20.0. The van der Waals surface area contributed by atoms with Crippen LogP contribution in [-0.4, -0.2) is 25.4 Å². The van der Waals surface area contributed by atoms with Gasteiger partial charge in [0.25, 0.3) is 6.43 Å². The number of benzene rings is 1. The van der Waals surface area contributed by atoms with Crippen LogP contribution in [0.4, 0.5) is 17.6 Å². The van der Waals surface area contributed by atoms with Crippen molar-refractivity contribution in [3.05, 3.63) is 65.3 Å². The molecule has 4 nitrogen and oxygen atoms in total. The van der Waals surface area contributed by atoms with E-state index in [4.69, 9.17) is 11.6 Å². The third-order valence-electron chi connectivity index (χ3n) is 4.40. The molecule has 4 aromatic rings. The Hall–Kier alpha value is -2.87. The van der Waals surface area contributed by atoms with E-state index in [9.17, 15) is 17.6 Å². The minimum atomic E-state index is -2.64. The first kappa shape index (κ1) is 18.5. The summed E-state index contributed by atoms with van der Waals surface area (Å²) in [6.45, 7) is 1.22. The summed E-state index contributed by atoms with van der Waals surface area (Å²) in [5.41, 5.74) is 2.35. The summed E-state index contributed by atoms with van der Waals surface area (Å²) in [6, 6.07) is 5.16. The van der Waals surface area contributed by atoms with Gasteiger partial charge in [-0.05, 0) is 25.1 Å². The lowest BCUT2D eigenvalue weighted by atomic mass is 10.1. The van der Waals surface area contributed by atoms with E-state index in [0.29, 0.717) is 17.3 Å². The second kappa shape index (κ2) is 6.94. The van der Waals surface area contributed by atoms with Gasteiger partial charge in [-0.15, -0.1) is 0 Å². The molecule has 0 spiro atoms. The second-order valence-electron chi connectivity index (χ2n) is 6.28. The van der Waals surface area contributed by atoms with Crippen LogP contribution in [0.15, 0.2) is 43.0 Å². The fourth-order valence-electron chi connectivity index (χ4n) is 3.12. The summed E-state index contributed by atoms with van der Waals surface area (Å²) < 4.78 is 57.2. The maximum Gasteiger partial charge on any atom is 0.256 e. The van der Waals surface area contributed by atoms with Gasteiger partial charge in [0.15, 0.2) is 0 Å². The van der Waals surface area contributed by atoms with E-state index in [-0.39, 0.29) is 22.0 Å². The van der Waals surface area contributed by atoms with Gasteiger partial charge in [-0.25, -0.2) is 27.5 Å². The Morgan fingerprint density at radius 1 is 1.11 bits per heavy atom. The summed E-state index contributed by atoms with van der Waals surface area (Å²) >= 11 is 5.80. The van der Waals surface area contributed by atoms with Crippen molar-refractivity contribution in [2.75, 3.05) is 0 Å². The van der Waals surface area contributed by atoms with E-state index < -0.39 is 24.6 Å². The molecule has 3 aromatic heterocycles. The number of alkyl halides is 2. The Morgan fingerprint density at radius 2 is 1.89 bits per heavy atom. The Morgan fingerprint density at radius 3 is 2.64 bits per heavy atom. The first-order valence-electron chi connectivity index (χ1n) is 8.27.